The Kier molecular flexibility index (Phi) is 5.61. The summed E-state index contributed by atoms with van der Waals surface area (Å²) in [5, 5.41) is 0.525. The molecule has 4 rings (SSSR count). The maximum absolute atomic E-state index is 12.7. The van der Waals surface area contributed by atoms with Crippen LogP contribution in [0.15, 0.2) is 70.9 Å². The van der Waals surface area contributed by atoms with Crippen LogP contribution in [-0.2, 0) is 0 Å². The van der Waals surface area contributed by atoms with Crippen molar-refractivity contribution < 1.29 is 23.8 Å². The highest BCUT2D eigenvalue weighted by Crippen LogP contribution is 2.36. The van der Waals surface area contributed by atoms with Crippen molar-refractivity contribution in [1.82, 2.24) is 0 Å². The first-order chi connectivity index (χ1) is 14.4. The van der Waals surface area contributed by atoms with Crippen LogP contribution in [0, 0.1) is 0 Å². The van der Waals surface area contributed by atoms with Crippen molar-refractivity contribution in [2.75, 3.05) is 7.11 Å². The van der Waals surface area contributed by atoms with Crippen LogP contribution in [0.3, 0.4) is 0 Å². The molecule has 0 aromatic heterocycles. The summed E-state index contributed by atoms with van der Waals surface area (Å²) in [5.41, 5.74) is 1.44. The molecule has 0 aliphatic carbocycles. The monoisotopic (exact) mass is 484 g/mol. The fourth-order valence-corrected chi connectivity index (χ4v) is 3.45. The average molecular weight is 486 g/mol. The third kappa shape index (κ3) is 4.10. The maximum Gasteiger partial charge on any atom is 0.343 e. The summed E-state index contributed by atoms with van der Waals surface area (Å²) in [6, 6.07) is 16.5. The van der Waals surface area contributed by atoms with E-state index in [0.29, 0.717) is 33.2 Å². The average Bonchev–Trinajstić information content (AvgIpc) is 3.03. The highest BCUT2D eigenvalue weighted by molar-refractivity contribution is 9.10. The summed E-state index contributed by atoms with van der Waals surface area (Å²) in [5.74, 6) is 0.552. The number of Topliss-reactive ketones (excluding diaryl/α,β-unsaturated/α-hetero) is 1. The number of carbonyl (C=O) groups excluding carboxylic acids is 2. The number of carbonyl (C=O) groups is 2. The van der Waals surface area contributed by atoms with Gasteiger partial charge in [-0.2, -0.15) is 0 Å². The number of benzene rings is 3. The summed E-state index contributed by atoms with van der Waals surface area (Å²) in [6.45, 7) is 0. The molecule has 150 valence electrons. The zero-order valence-corrected chi connectivity index (χ0v) is 18.0. The molecule has 1 aliphatic heterocycles. The number of ketones is 1. The Morgan fingerprint density at radius 2 is 1.83 bits per heavy atom. The van der Waals surface area contributed by atoms with Gasteiger partial charge in [0.25, 0.3) is 0 Å². The van der Waals surface area contributed by atoms with Gasteiger partial charge in [-0.3, -0.25) is 4.79 Å². The van der Waals surface area contributed by atoms with Crippen LogP contribution in [-0.4, -0.2) is 18.9 Å². The van der Waals surface area contributed by atoms with Crippen LogP contribution < -0.4 is 14.2 Å². The van der Waals surface area contributed by atoms with E-state index in [1.54, 1.807) is 55.7 Å². The van der Waals surface area contributed by atoms with Crippen molar-refractivity contribution in [1.29, 1.82) is 0 Å². The molecule has 3 aromatic rings. The molecule has 1 aliphatic rings. The smallest absolute Gasteiger partial charge is 0.343 e. The van der Waals surface area contributed by atoms with Crippen LogP contribution in [0.2, 0.25) is 5.02 Å². The van der Waals surface area contributed by atoms with Gasteiger partial charge < -0.3 is 14.2 Å². The second-order valence-electron chi connectivity index (χ2n) is 6.38. The van der Waals surface area contributed by atoms with E-state index in [0.717, 1.165) is 4.47 Å². The minimum Gasteiger partial charge on any atom is -0.496 e. The lowest BCUT2D eigenvalue weighted by Crippen LogP contribution is -2.08. The summed E-state index contributed by atoms with van der Waals surface area (Å²) >= 11 is 9.24. The van der Waals surface area contributed by atoms with Gasteiger partial charge in [-0.05, 0) is 60.7 Å². The van der Waals surface area contributed by atoms with Crippen LogP contribution in [0.5, 0.6) is 17.2 Å². The zero-order valence-electron chi connectivity index (χ0n) is 15.6. The lowest BCUT2D eigenvalue weighted by Gasteiger charge is -2.06. The second kappa shape index (κ2) is 8.34. The molecule has 1 heterocycles. The van der Waals surface area contributed by atoms with Gasteiger partial charge in [-0.1, -0.05) is 27.5 Å². The van der Waals surface area contributed by atoms with Crippen molar-refractivity contribution in [2.45, 2.75) is 0 Å². The number of allylic oxidation sites excluding steroid dienone is 1. The molecule has 0 N–H and O–H groups in total. The molecule has 0 spiro atoms. The number of methoxy groups -OCH3 is 1. The Morgan fingerprint density at radius 1 is 1.07 bits per heavy atom. The Morgan fingerprint density at radius 3 is 2.57 bits per heavy atom. The van der Waals surface area contributed by atoms with E-state index >= 15 is 0 Å². The molecule has 5 nitrogen and oxygen atoms in total. The Bertz CT molecular complexity index is 1180. The molecule has 0 unspecified atom stereocenters. The Hall–Kier alpha value is -3.09. The number of halogens is 2. The molecule has 0 fully saturated rings. The van der Waals surface area contributed by atoms with Crippen molar-refractivity contribution in [2.24, 2.45) is 0 Å². The first-order valence-electron chi connectivity index (χ1n) is 8.84. The first kappa shape index (κ1) is 20.2. The highest BCUT2D eigenvalue weighted by Gasteiger charge is 2.28. The lowest BCUT2D eigenvalue weighted by molar-refractivity contribution is 0.0734. The molecule has 0 saturated heterocycles. The van der Waals surface area contributed by atoms with Crippen LogP contribution in [0.25, 0.3) is 6.08 Å². The summed E-state index contributed by atoms with van der Waals surface area (Å²) < 4.78 is 17.3. The summed E-state index contributed by atoms with van der Waals surface area (Å²) in [6.07, 6.45) is 1.62. The van der Waals surface area contributed by atoms with E-state index in [9.17, 15) is 9.59 Å². The molecule has 3 aromatic carbocycles. The van der Waals surface area contributed by atoms with Gasteiger partial charge in [-0.25, -0.2) is 4.79 Å². The van der Waals surface area contributed by atoms with Crippen molar-refractivity contribution in [3.05, 3.63) is 92.6 Å². The number of hydrogen-bond acceptors (Lipinski definition) is 5. The van der Waals surface area contributed by atoms with Crippen LogP contribution in [0.4, 0.5) is 0 Å². The quantitative estimate of drug-likeness (QED) is 0.260. The van der Waals surface area contributed by atoms with Crippen molar-refractivity contribution >= 4 is 45.4 Å². The number of ether oxygens (including phenoxy) is 3. The van der Waals surface area contributed by atoms with Gasteiger partial charge in [0.15, 0.2) is 5.76 Å². The van der Waals surface area contributed by atoms with Crippen molar-refractivity contribution in [3.63, 3.8) is 0 Å². The minimum absolute atomic E-state index is 0.155. The van der Waals surface area contributed by atoms with E-state index in [2.05, 4.69) is 15.9 Å². The predicted octanol–water partition coefficient (Wildman–Crippen LogP) is 5.95. The third-order valence-corrected chi connectivity index (χ3v) is 5.16. The lowest BCUT2D eigenvalue weighted by atomic mass is 10.1. The predicted molar refractivity (Wildman–Crippen MR) is 116 cm³/mol. The van der Waals surface area contributed by atoms with Gasteiger partial charge in [0.2, 0.25) is 5.78 Å². The Balaban J connectivity index is 1.58. The summed E-state index contributed by atoms with van der Waals surface area (Å²) in [7, 11) is 1.55. The first-order valence-corrected chi connectivity index (χ1v) is 10.0. The summed E-state index contributed by atoms with van der Waals surface area (Å²) in [4.78, 5) is 25.0. The zero-order chi connectivity index (χ0) is 21.3. The minimum atomic E-state index is -0.537. The van der Waals surface area contributed by atoms with Gasteiger partial charge >= 0.3 is 5.97 Å². The maximum atomic E-state index is 12.7. The van der Waals surface area contributed by atoms with Gasteiger partial charge in [0.1, 0.15) is 17.2 Å². The van der Waals surface area contributed by atoms with Crippen LogP contribution >= 0.6 is 27.5 Å². The van der Waals surface area contributed by atoms with Gasteiger partial charge in [-0.15, -0.1) is 0 Å². The van der Waals surface area contributed by atoms with Crippen molar-refractivity contribution in [3.8, 4) is 17.2 Å². The standard InChI is InChI=1S/C23H14BrClO5/c1-28-19-9-4-15(24)10-14(19)11-21-22(26)18-8-7-17(12-20(18)30-21)29-23(27)13-2-5-16(25)6-3-13/h2-12H,1H3/b21-11-. The molecular weight excluding hydrogens is 472 g/mol. The van der Waals surface area contributed by atoms with Crippen LogP contribution in [0.1, 0.15) is 26.3 Å². The molecule has 0 bridgehead atoms. The van der Waals surface area contributed by atoms with E-state index in [-0.39, 0.29) is 17.3 Å². The number of rotatable bonds is 4. The molecule has 30 heavy (non-hydrogen) atoms. The van der Waals surface area contributed by atoms with Gasteiger partial charge in [0.05, 0.1) is 18.2 Å². The van der Waals surface area contributed by atoms with Gasteiger partial charge in [0, 0.05) is 21.1 Å². The third-order valence-electron chi connectivity index (χ3n) is 4.41. The molecule has 0 amide bonds. The molecular formula is C23H14BrClO5. The topological polar surface area (TPSA) is 61.8 Å². The number of esters is 1. The largest absolute Gasteiger partial charge is 0.496 e. The van der Waals surface area contributed by atoms with E-state index < -0.39 is 5.97 Å². The fourth-order valence-electron chi connectivity index (χ4n) is 2.94. The number of fused-ring (bicyclic) bond motifs is 1. The molecule has 0 radical (unpaired) electrons. The highest BCUT2D eigenvalue weighted by atomic mass is 79.9. The second-order valence-corrected chi connectivity index (χ2v) is 7.73. The van der Waals surface area contributed by atoms with E-state index in [1.807, 2.05) is 12.1 Å². The molecule has 7 heteroatoms. The van der Waals surface area contributed by atoms with E-state index in [1.165, 1.54) is 6.07 Å². The fraction of sp³-hybridized carbons (Fsp3) is 0.0435. The molecule has 0 saturated carbocycles. The van der Waals surface area contributed by atoms with E-state index in [4.69, 9.17) is 25.8 Å². The number of hydrogen-bond donors (Lipinski definition) is 0. The Labute approximate surface area is 186 Å². The normalized spacial score (nSPS) is 13.7. The molecule has 0 atom stereocenters. The SMILES string of the molecule is COc1ccc(Br)cc1/C=C1\Oc2cc(OC(=O)c3ccc(Cl)cc3)ccc2C1=O.